The van der Waals surface area contributed by atoms with Gasteiger partial charge in [0, 0.05) is 18.8 Å². The fourth-order valence-electron chi connectivity index (χ4n) is 4.27. The maximum atomic E-state index is 13.2. The van der Waals surface area contributed by atoms with Gasteiger partial charge in [-0.25, -0.2) is 9.79 Å². The first kappa shape index (κ1) is 25.3. The summed E-state index contributed by atoms with van der Waals surface area (Å²) in [6, 6.07) is 3.89. The second-order valence-corrected chi connectivity index (χ2v) is 9.19. The van der Waals surface area contributed by atoms with Gasteiger partial charge in [-0.15, -0.1) is 0 Å². The van der Waals surface area contributed by atoms with Crippen molar-refractivity contribution in [2.24, 2.45) is 4.99 Å². The zero-order valence-electron chi connectivity index (χ0n) is 19.4. The number of thioether (sulfide) groups is 1. The molecular formula is C24H26F3N3O4S. The van der Waals surface area contributed by atoms with Crippen LogP contribution in [0.4, 0.5) is 13.2 Å². The molecule has 0 saturated carbocycles. The first-order chi connectivity index (χ1) is 16.7. The van der Waals surface area contributed by atoms with Crippen molar-refractivity contribution in [3.8, 4) is 0 Å². The number of amidine groups is 1. The molecule has 7 nitrogen and oxygen atoms in total. The minimum absolute atomic E-state index is 0.00103. The van der Waals surface area contributed by atoms with Gasteiger partial charge in [0.25, 0.3) is 0 Å². The molecule has 1 fully saturated rings. The first-order valence-electron chi connectivity index (χ1n) is 11.4. The monoisotopic (exact) mass is 509 g/mol. The van der Waals surface area contributed by atoms with E-state index in [2.05, 4.69) is 10.3 Å². The number of alkyl halides is 3. The van der Waals surface area contributed by atoms with Crippen LogP contribution in [0, 0.1) is 0 Å². The van der Waals surface area contributed by atoms with Crippen molar-refractivity contribution < 1.29 is 32.2 Å². The fraction of sp³-hybridized carbons (Fsp3) is 0.458. The van der Waals surface area contributed by atoms with Crippen LogP contribution in [0.2, 0.25) is 0 Å². The largest absolute Gasteiger partial charge is 0.463 e. The predicted molar refractivity (Wildman–Crippen MR) is 125 cm³/mol. The van der Waals surface area contributed by atoms with Crippen LogP contribution in [-0.4, -0.2) is 47.8 Å². The van der Waals surface area contributed by atoms with Crippen LogP contribution in [0.25, 0.3) is 0 Å². The highest BCUT2D eigenvalue weighted by atomic mass is 32.2. The Morgan fingerprint density at radius 1 is 1.29 bits per heavy atom. The standard InChI is InChI=1S/C24H26F3N3O4S/c1-3-33-22(32)20-14(2)29-23-30(21(20)15-6-8-16(9-7-15)24(25,26)27)17(13-35-23)11-19(31)28-12-18-5-4-10-34-18/h6-9,13,18,21H,3-5,10-12H2,1-2H3,(H,28,31). The third-order valence-corrected chi connectivity index (χ3v) is 6.83. The lowest BCUT2D eigenvalue weighted by Gasteiger charge is -2.36. The second kappa shape index (κ2) is 10.4. The SMILES string of the molecule is CCOC(=O)C1=C(C)N=C2SC=C(CC(=O)NCC3CCCO3)N2C1c1ccc(C(F)(F)F)cc1. The zero-order chi connectivity index (χ0) is 25.2. The second-order valence-electron chi connectivity index (χ2n) is 8.35. The smallest absolute Gasteiger partial charge is 0.416 e. The van der Waals surface area contributed by atoms with Crippen molar-refractivity contribution in [3.05, 3.63) is 57.8 Å². The third-order valence-electron chi connectivity index (χ3n) is 5.94. The number of fused-ring (bicyclic) bond motifs is 1. The van der Waals surface area contributed by atoms with E-state index in [1.807, 2.05) is 0 Å². The summed E-state index contributed by atoms with van der Waals surface area (Å²) in [4.78, 5) is 31.9. The number of carbonyl (C=O) groups excluding carboxylic acids is 2. The molecule has 1 aromatic carbocycles. The van der Waals surface area contributed by atoms with Gasteiger partial charge in [0.1, 0.15) is 0 Å². The molecule has 0 aromatic heterocycles. The molecule has 0 spiro atoms. The molecular weight excluding hydrogens is 483 g/mol. The molecule has 3 aliphatic rings. The summed E-state index contributed by atoms with van der Waals surface area (Å²) in [5.74, 6) is -0.819. The van der Waals surface area contributed by atoms with Crippen LogP contribution in [-0.2, 0) is 25.2 Å². The summed E-state index contributed by atoms with van der Waals surface area (Å²) >= 11 is 1.30. The Balaban J connectivity index is 1.62. The van der Waals surface area contributed by atoms with Crippen molar-refractivity contribution in [1.29, 1.82) is 0 Å². The van der Waals surface area contributed by atoms with Crippen LogP contribution in [0.3, 0.4) is 0 Å². The number of allylic oxidation sites excluding steroid dienone is 1. The molecule has 1 aromatic rings. The van der Waals surface area contributed by atoms with E-state index in [4.69, 9.17) is 9.47 Å². The molecule has 4 rings (SSSR count). The highest BCUT2D eigenvalue weighted by Gasteiger charge is 2.41. The van der Waals surface area contributed by atoms with Crippen molar-refractivity contribution in [1.82, 2.24) is 10.2 Å². The Bertz CT molecular complexity index is 1080. The number of rotatable bonds is 7. The molecule has 1 saturated heterocycles. The van der Waals surface area contributed by atoms with Gasteiger partial charge in [-0.1, -0.05) is 23.9 Å². The molecule has 188 valence electrons. The van der Waals surface area contributed by atoms with Gasteiger partial charge >= 0.3 is 12.1 Å². The number of nitrogens with one attached hydrogen (secondary N) is 1. The van der Waals surface area contributed by atoms with Crippen LogP contribution in [0.5, 0.6) is 0 Å². The van der Waals surface area contributed by atoms with E-state index in [0.717, 1.165) is 25.0 Å². The van der Waals surface area contributed by atoms with Gasteiger partial charge < -0.3 is 19.7 Å². The highest BCUT2D eigenvalue weighted by molar-refractivity contribution is 8.16. The molecule has 0 radical (unpaired) electrons. The third kappa shape index (κ3) is 5.56. The number of aliphatic imine (C=N–C) groups is 1. The van der Waals surface area contributed by atoms with E-state index < -0.39 is 23.8 Å². The molecule has 11 heteroatoms. The minimum Gasteiger partial charge on any atom is -0.463 e. The summed E-state index contributed by atoms with van der Waals surface area (Å²) in [6.45, 7) is 4.58. The number of carbonyl (C=O) groups is 2. The highest BCUT2D eigenvalue weighted by Crippen LogP contribution is 2.45. The molecule has 2 atom stereocenters. The quantitative estimate of drug-likeness (QED) is 0.544. The lowest BCUT2D eigenvalue weighted by molar-refractivity contribution is -0.139. The number of benzene rings is 1. The van der Waals surface area contributed by atoms with E-state index in [9.17, 15) is 22.8 Å². The summed E-state index contributed by atoms with van der Waals surface area (Å²) < 4.78 is 50.3. The number of amides is 1. The number of esters is 1. The lowest BCUT2D eigenvalue weighted by atomic mass is 9.93. The Morgan fingerprint density at radius 2 is 2.03 bits per heavy atom. The summed E-state index contributed by atoms with van der Waals surface area (Å²) in [7, 11) is 0. The van der Waals surface area contributed by atoms with Crippen molar-refractivity contribution in [2.45, 2.75) is 51.4 Å². The molecule has 3 aliphatic heterocycles. The first-order valence-corrected chi connectivity index (χ1v) is 12.2. The van der Waals surface area contributed by atoms with Crippen LogP contribution >= 0.6 is 11.8 Å². The average Bonchev–Trinajstić information content (AvgIpc) is 3.46. The van der Waals surface area contributed by atoms with Gasteiger partial charge in [0.05, 0.1) is 42.0 Å². The molecule has 1 N–H and O–H groups in total. The van der Waals surface area contributed by atoms with Gasteiger partial charge in [0.2, 0.25) is 5.91 Å². The molecule has 35 heavy (non-hydrogen) atoms. The normalized spacial score (nSPS) is 22.0. The van der Waals surface area contributed by atoms with Gasteiger partial charge in [0.15, 0.2) is 5.17 Å². The van der Waals surface area contributed by atoms with Crippen molar-refractivity contribution in [2.75, 3.05) is 19.8 Å². The number of hydrogen-bond donors (Lipinski definition) is 1. The molecule has 2 unspecified atom stereocenters. The van der Waals surface area contributed by atoms with Gasteiger partial charge in [-0.2, -0.15) is 13.2 Å². The van der Waals surface area contributed by atoms with Crippen molar-refractivity contribution in [3.63, 3.8) is 0 Å². The zero-order valence-corrected chi connectivity index (χ0v) is 20.2. The predicted octanol–water partition coefficient (Wildman–Crippen LogP) is 4.53. The van der Waals surface area contributed by atoms with E-state index in [1.165, 1.54) is 23.9 Å². The number of hydrogen-bond acceptors (Lipinski definition) is 7. The Labute approximate surface area is 205 Å². The maximum Gasteiger partial charge on any atom is 0.416 e. The van der Waals surface area contributed by atoms with Crippen molar-refractivity contribution >= 4 is 28.8 Å². The van der Waals surface area contributed by atoms with Gasteiger partial charge in [-0.05, 0) is 49.8 Å². The summed E-state index contributed by atoms with van der Waals surface area (Å²) in [6.07, 6.45) is -2.61. The van der Waals surface area contributed by atoms with E-state index in [0.29, 0.717) is 35.3 Å². The van der Waals surface area contributed by atoms with E-state index >= 15 is 0 Å². The van der Waals surface area contributed by atoms with Crippen LogP contribution < -0.4 is 5.32 Å². The van der Waals surface area contributed by atoms with Crippen LogP contribution in [0.15, 0.2) is 51.6 Å². The summed E-state index contributed by atoms with van der Waals surface area (Å²) in [5.41, 5.74) is 0.913. The fourth-order valence-corrected chi connectivity index (χ4v) is 5.23. The average molecular weight is 510 g/mol. The van der Waals surface area contributed by atoms with E-state index in [-0.39, 0.29) is 30.6 Å². The van der Waals surface area contributed by atoms with Crippen LogP contribution in [0.1, 0.15) is 50.3 Å². The molecule has 3 heterocycles. The van der Waals surface area contributed by atoms with Gasteiger partial charge in [-0.3, -0.25) is 4.79 Å². The number of halogens is 3. The number of nitrogens with zero attached hydrogens (tertiary/aromatic N) is 2. The van der Waals surface area contributed by atoms with E-state index in [1.54, 1.807) is 24.2 Å². The topological polar surface area (TPSA) is 80.2 Å². The lowest BCUT2D eigenvalue weighted by Crippen LogP contribution is -2.38. The number of ether oxygens (including phenoxy) is 2. The molecule has 1 amide bonds. The minimum atomic E-state index is -4.48. The molecule has 0 aliphatic carbocycles. The Kier molecular flexibility index (Phi) is 7.56. The maximum absolute atomic E-state index is 13.2. The Morgan fingerprint density at radius 3 is 2.66 bits per heavy atom. The Hall–Kier alpha value is -2.79. The molecule has 0 bridgehead atoms. The summed E-state index contributed by atoms with van der Waals surface area (Å²) in [5, 5.41) is 5.20.